The normalized spacial score (nSPS) is 19.1. The highest BCUT2D eigenvalue weighted by Gasteiger charge is 2.27. The molecule has 0 bridgehead atoms. The first-order valence-electron chi connectivity index (χ1n) is 6.42. The molecular weight excluding hydrogens is 182 g/mol. The van der Waals surface area contributed by atoms with Crippen LogP contribution in [0.2, 0.25) is 0 Å². The standard InChI is InChI=1S/C14H25N/c1-5-7-8-12(4)15-14(11(3)6-2)13-9-10-13/h13H,5-10H2,1-4H3/b14-11+,15-12?. The van der Waals surface area contributed by atoms with Crippen molar-refractivity contribution in [2.45, 2.75) is 66.2 Å². The van der Waals surface area contributed by atoms with E-state index in [9.17, 15) is 0 Å². The number of nitrogens with zero attached hydrogens (tertiary/aromatic N) is 1. The molecule has 0 unspecified atom stereocenters. The summed E-state index contributed by atoms with van der Waals surface area (Å²) in [5.74, 6) is 0.793. The highest BCUT2D eigenvalue weighted by molar-refractivity contribution is 5.83. The number of hydrogen-bond donors (Lipinski definition) is 0. The second-order valence-corrected chi connectivity index (χ2v) is 4.74. The molecule has 86 valence electrons. The molecule has 1 nitrogen and oxygen atoms in total. The Morgan fingerprint density at radius 1 is 1.20 bits per heavy atom. The highest BCUT2D eigenvalue weighted by Crippen LogP contribution is 2.39. The monoisotopic (exact) mass is 207 g/mol. The molecular formula is C14H25N. The minimum Gasteiger partial charge on any atom is -0.262 e. The van der Waals surface area contributed by atoms with Crippen molar-refractivity contribution in [2.24, 2.45) is 10.9 Å². The lowest BCUT2D eigenvalue weighted by atomic mass is 10.1. The quantitative estimate of drug-likeness (QED) is 0.558. The van der Waals surface area contributed by atoms with Crippen LogP contribution in [-0.2, 0) is 0 Å². The van der Waals surface area contributed by atoms with Gasteiger partial charge < -0.3 is 0 Å². The minimum absolute atomic E-state index is 0.793. The van der Waals surface area contributed by atoms with E-state index >= 15 is 0 Å². The van der Waals surface area contributed by atoms with E-state index in [-0.39, 0.29) is 0 Å². The Morgan fingerprint density at radius 3 is 2.33 bits per heavy atom. The third-order valence-electron chi connectivity index (χ3n) is 3.14. The largest absolute Gasteiger partial charge is 0.262 e. The van der Waals surface area contributed by atoms with Gasteiger partial charge in [0, 0.05) is 17.3 Å². The van der Waals surface area contributed by atoms with Crippen molar-refractivity contribution in [3.8, 4) is 0 Å². The molecule has 0 aromatic rings. The average molecular weight is 207 g/mol. The van der Waals surface area contributed by atoms with Crippen molar-refractivity contribution < 1.29 is 0 Å². The first-order chi connectivity index (χ1) is 7.19. The molecule has 0 aliphatic heterocycles. The molecule has 1 aliphatic rings. The molecule has 1 heteroatoms. The molecule has 15 heavy (non-hydrogen) atoms. The van der Waals surface area contributed by atoms with Gasteiger partial charge in [-0.1, -0.05) is 25.8 Å². The van der Waals surface area contributed by atoms with Crippen LogP contribution < -0.4 is 0 Å². The summed E-state index contributed by atoms with van der Waals surface area (Å²) in [4.78, 5) is 4.84. The lowest BCUT2D eigenvalue weighted by molar-refractivity contribution is 0.826. The van der Waals surface area contributed by atoms with Gasteiger partial charge in [0.05, 0.1) is 0 Å². The molecule has 1 rings (SSSR count). The molecule has 0 atom stereocenters. The molecule has 0 heterocycles. The van der Waals surface area contributed by atoms with Crippen LogP contribution in [-0.4, -0.2) is 5.71 Å². The molecule has 0 amide bonds. The Labute approximate surface area is 94.7 Å². The lowest BCUT2D eigenvalue weighted by Crippen LogP contribution is -1.96. The summed E-state index contributed by atoms with van der Waals surface area (Å²) >= 11 is 0. The lowest BCUT2D eigenvalue weighted by Gasteiger charge is -2.07. The van der Waals surface area contributed by atoms with Crippen LogP contribution >= 0.6 is 0 Å². The first kappa shape index (κ1) is 12.5. The number of rotatable bonds is 6. The zero-order valence-electron chi connectivity index (χ0n) is 10.8. The zero-order chi connectivity index (χ0) is 11.3. The summed E-state index contributed by atoms with van der Waals surface area (Å²) < 4.78 is 0. The topological polar surface area (TPSA) is 12.4 Å². The Hall–Kier alpha value is -0.590. The van der Waals surface area contributed by atoms with E-state index in [2.05, 4.69) is 27.7 Å². The van der Waals surface area contributed by atoms with Gasteiger partial charge in [-0.05, 0) is 46.0 Å². The highest BCUT2D eigenvalue weighted by atomic mass is 14.8. The minimum atomic E-state index is 0.793. The van der Waals surface area contributed by atoms with E-state index in [1.165, 1.54) is 49.1 Å². The SMILES string of the molecule is CCCCC(C)=N/C(=C(\C)CC)C1CC1. The van der Waals surface area contributed by atoms with Crippen LogP contribution in [0.1, 0.15) is 66.2 Å². The molecule has 0 spiro atoms. The van der Waals surface area contributed by atoms with Crippen molar-refractivity contribution in [1.29, 1.82) is 0 Å². The van der Waals surface area contributed by atoms with Crippen molar-refractivity contribution in [1.82, 2.24) is 0 Å². The van der Waals surface area contributed by atoms with E-state index in [4.69, 9.17) is 4.99 Å². The predicted octanol–water partition coefficient (Wildman–Crippen LogP) is 4.73. The van der Waals surface area contributed by atoms with Gasteiger partial charge >= 0.3 is 0 Å². The van der Waals surface area contributed by atoms with Gasteiger partial charge in [0.1, 0.15) is 0 Å². The molecule has 0 N–H and O–H groups in total. The van der Waals surface area contributed by atoms with Gasteiger partial charge in [-0.25, -0.2) is 0 Å². The Kier molecular flexibility index (Phi) is 5.07. The van der Waals surface area contributed by atoms with Crippen LogP contribution in [0.5, 0.6) is 0 Å². The molecule has 1 aliphatic carbocycles. The summed E-state index contributed by atoms with van der Waals surface area (Å²) in [5.41, 5.74) is 4.23. The molecule has 0 aromatic heterocycles. The Bertz CT molecular complexity index is 257. The smallest absolute Gasteiger partial charge is 0.0422 e. The van der Waals surface area contributed by atoms with E-state index in [0.29, 0.717) is 0 Å². The Balaban J connectivity index is 2.65. The van der Waals surface area contributed by atoms with Gasteiger partial charge in [-0.3, -0.25) is 4.99 Å². The molecule has 1 saturated carbocycles. The number of hydrogen-bond acceptors (Lipinski definition) is 1. The van der Waals surface area contributed by atoms with Crippen molar-refractivity contribution in [3.63, 3.8) is 0 Å². The summed E-state index contributed by atoms with van der Waals surface area (Å²) in [6.07, 6.45) is 7.58. The fourth-order valence-corrected chi connectivity index (χ4v) is 1.77. The van der Waals surface area contributed by atoms with Crippen molar-refractivity contribution in [3.05, 3.63) is 11.3 Å². The average Bonchev–Trinajstić information content (AvgIpc) is 3.05. The van der Waals surface area contributed by atoms with Gasteiger partial charge in [0.2, 0.25) is 0 Å². The number of unbranched alkanes of at least 4 members (excludes halogenated alkanes) is 1. The maximum Gasteiger partial charge on any atom is 0.0422 e. The van der Waals surface area contributed by atoms with Gasteiger partial charge in [0.25, 0.3) is 0 Å². The third-order valence-corrected chi connectivity index (χ3v) is 3.14. The van der Waals surface area contributed by atoms with Crippen molar-refractivity contribution in [2.75, 3.05) is 0 Å². The van der Waals surface area contributed by atoms with Crippen LogP contribution in [0, 0.1) is 5.92 Å². The van der Waals surface area contributed by atoms with Gasteiger partial charge in [0.15, 0.2) is 0 Å². The zero-order valence-corrected chi connectivity index (χ0v) is 10.8. The van der Waals surface area contributed by atoms with Crippen LogP contribution in [0.25, 0.3) is 0 Å². The summed E-state index contributed by atoms with van der Waals surface area (Å²) in [6, 6.07) is 0. The van der Waals surface area contributed by atoms with Gasteiger partial charge in [-0.15, -0.1) is 0 Å². The summed E-state index contributed by atoms with van der Waals surface area (Å²) in [7, 11) is 0. The van der Waals surface area contributed by atoms with Crippen LogP contribution in [0.4, 0.5) is 0 Å². The molecule has 0 aromatic carbocycles. The maximum absolute atomic E-state index is 4.84. The third kappa shape index (κ3) is 4.19. The maximum atomic E-state index is 4.84. The van der Waals surface area contributed by atoms with E-state index in [1.54, 1.807) is 0 Å². The summed E-state index contributed by atoms with van der Waals surface area (Å²) in [5, 5.41) is 0. The fourth-order valence-electron chi connectivity index (χ4n) is 1.77. The molecule has 0 saturated heterocycles. The van der Waals surface area contributed by atoms with E-state index in [0.717, 1.165) is 12.3 Å². The first-order valence-corrected chi connectivity index (χ1v) is 6.42. The number of allylic oxidation sites excluding steroid dienone is 2. The second-order valence-electron chi connectivity index (χ2n) is 4.74. The van der Waals surface area contributed by atoms with Crippen LogP contribution in [0.15, 0.2) is 16.3 Å². The van der Waals surface area contributed by atoms with Gasteiger partial charge in [-0.2, -0.15) is 0 Å². The molecule has 0 radical (unpaired) electrons. The van der Waals surface area contributed by atoms with E-state index in [1.807, 2.05) is 0 Å². The van der Waals surface area contributed by atoms with Crippen molar-refractivity contribution >= 4 is 5.71 Å². The van der Waals surface area contributed by atoms with Crippen LogP contribution in [0.3, 0.4) is 0 Å². The predicted molar refractivity (Wildman–Crippen MR) is 68.3 cm³/mol. The molecule has 1 fully saturated rings. The second kappa shape index (κ2) is 6.09. The van der Waals surface area contributed by atoms with E-state index < -0.39 is 0 Å². The number of aliphatic imine (C=N–C) groups is 1. The Morgan fingerprint density at radius 2 is 1.87 bits per heavy atom. The fraction of sp³-hybridized carbons (Fsp3) is 0.786. The summed E-state index contributed by atoms with van der Waals surface area (Å²) in [6.45, 7) is 8.89.